The predicted octanol–water partition coefficient (Wildman–Crippen LogP) is 4.75. The van der Waals surface area contributed by atoms with Crippen molar-refractivity contribution in [1.29, 1.82) is 0 Å². The van der Waals surface area contributed by atoms with Gasteiger partial charge in [0.2, 0.25) is 0 Å². The number of benzene rings is 3. The van der Waals surface area contributed by atoms with Gasteiger partial charge in [-0.3, -0.25) is 0 Å². The third kappa shape index (κ3) is 6.25. The highest BCUT2D eigenvalue weighted by Gasteiger charge is 2.43. The Labute approximate surface area is 189 Å². The molecule has 0 aliphatic carbocycles. The third-order valence-electron chi connectivity index (χ3n) is 5.49. The molecule has 1 aliphatic rings. The van der Waals surface area contributed by atoms with Crippen LogP contribution in [0.4, 0.5) is 0 Å². The number of methoxy groups -OCH3 is 1. The van der Waals surface area contributed by atoms with E-state index in [1.54, 1.807) is 7.11 Å². The summed E-state index contributed by atoms with van der Waals surface area (Å²) in [6, 6.07) is 30.3. The fourth-order valence-corrected chi connectivity index (χ4v) is 3.78. The van der Waals surface area contributed by atoms with Crippen molar-refractivity contribution in [3.8, 4) is 0 Å². The summed E-state index contributed by atoms with van der Waals surface area (Å²) in [7, 11) is 1.63. The quantitative estimate of drug-likeness (QED) is 0.461. The first-order valence-corrected chi connectivity index (χ1v) is 10.9. The van der Waals surface area contributed by atoms with Crippen LogP contribution in [0.1, 0.15) is 16.7 Å². The molecule has 0 N–H and O–H groups in total. The first kappa shape index (κ1) is 22.6. The maximum Gasteiger partial charge on any atom is 0.186 e. The van der Waals surface area contributed by atoms with E-state index in [1.165, 1.54) is 0 Å². The number of rotatable bonds is 10. The first-order valence-electron chi connectivity index (χ1n) is 10.9. The molecule has 1 aliphatic heterocycles. The molecule has 0 amide bonds. The third-order valence-corrected chi connectivity index (χ3v) is 5.49. The van der Waals surface area contributed by atoms with Gasteiger partial charge in [-0.15, -0.1) is 0 Å². The summed E-state index contributed by atoms with van der Waals surface area (Å²) in [5.74, 6) is 0. The van der Waals surface area contributed by atoms with Crippen molar-refractivity contribution in [2.45, 2.75) is 44.4 Å². The van der Waals surface area contributed by atoms with Gasteiger partial charge in [-0.2, -0.15) is 0 Å². The molecule has 0 saturated carbocycles. The van der Waals surface area contributed by atoms with Crippen LogP contribution in [-0.2, 0) is 43.5 Å². The van der Waals surface area contributed by atoms with Crippen LogP contribution in [0, 0.1) is 0 Å². The van der Waals surface area contributed by atoms with Crippen molar-refractivity contribution < 1.29 is 23.7 Å². The molecule has 1 heterocycles. The lowest BCUT2D eigenvalue weighted by Crippen LogP contribution is -2.56. The molecule has 0 bridgehead atoms. The van der Waals surface area contributed by atoms with Gasteiger partial charge in [0, 0.05) is 7.11 Å². The van der Waals surface area contributed by atoms with E-state index in [9.17, 15) is 0 Å². The minimum absolute atomic E-state index is 0.286. The monoisotopic (exact) mass is 434 g/mol. The zero-order chi connectivity index (χ0) is 22.0. The highest BCUT2D eigenvalue weighted by Crippen LogP contribution is 2.27. The second-order valence-corrected chi connectivity index (χ2v) is 7.79. The Bertz CT molecular complexity index is 903. The standard InChI is InChI=1S/C27H30O5/c1-28-27-26(31-19-23-15-9-4-10-16-23)25(30-18-22-13-7-3-8-14-22)24(20-32-27)29-17-21-11-5-2-6-12-21/h2-16,24-27H,17-20H2,1H3/t24-,25-,26+,27+/m1/s1. The van der Waals surface area contributed by atoms with Crippen LogP contribution in [0.15, 0.2) is 91.0 Å². The molecule has 0 aromatic heterocycles. The van der Waals surface area contributed by atoms with Crippen LogP contribution in [0.3, 0.4) is 0 Å². The van der Waals surface area contributed by atoms with Crippen LogP contribution < -0.4 is 0 Å². The fraction of sp³-hybridized carbons (Fsp3) is 0.333. The molecule has 168 valence electrons. The molecule has 1 saturated heterocycles. The van der Waals surface area contributed by atoms with Crippen molar-refractivity contribution in [1.82, 2.24) is 0 Å². The lowest BCUT2D eigenvalue weighted by molar-refractivity contribution is -0.293. The molecule has 0 radical (unpaired) electrons. The van der Waals surface area contributed by atoms with E-state index >= 15 is 0 Å². The Morgan fingerprint density at radius 3 is 1.53 bits per heavy atom. The smallest absolute Gasteiger partial charge is 0.186 e. The Hall–Kier alpha value is -2.54. The first-order chi connectivity index (χ1) is 15.8. The minimum Gasteiger partial charge on any atom is -0.368 e. The summed E-state index contributed by atoms with van der Waals surface area (Å²) in [4.78, 5) is 0. The molecule has 4 atom stereocenters. The molecule has 0 unspecified atom stereocenters. The molecular weight excluding hydrogens is 404 g/mol. The molecule has 4 rings (SSSR count). The van der Waals surface area contributed by atoms with Gasteiger partial charge < -0.3 is 23.7 Å². The maximum atomic E-state index is 6.39. The highest BCUT2D eigenvalue weighted by atomic mass is 16.7. The van der Waals surface area contributed by atoms with Crippen molar-refractivity contribution >= 4 is 0 Å². The van der Waals surface area contributed by atoms with Crippen molar-refractivity contribution in [2.75, 3.05) is 13.7 Å². The number of hydrogen-bond donors (Lipinski definition) is 0. The summed E-state index contributed by atoms with van der Waals surface area (Å²) in [6.07, 6.45) is -1.60. The van der Waals surface area contributed by atoms with Gasteiger partial charge in [-0.05, 0) is 16.7 Å². The molecule has 32 heavy (non-hydrogen) atoms. The van der Waals surface area contributed by atoms with E-state index < -0.39 is 12.4 Å². The Morgan fingerprint density at radius 2 is 1.06 bits per heavy atom. The molecule has 1 fully saturated rings. The minimum atomic E-state index is -0.531. The van der Waals surface area contributed by atoms with Gasteiger partial charge in [0.25, 0.3) is 0 Å². The number of ether oxygens (including phenoxy) is 5. The SMILES string of the molecule is CO[C@H]1OC[C@@H](OCc2ccccc2)[C@@H](OCc2ccccc2)[C@@H]1OCc1ccccc1. The normalized spacial score (nSPS) is 23.2. The summed E-state index contributed by atoms with van der Waals surface area (Å²) in [6.45, 7) is 1.74. The molecule has 5 heteroatoms. The summed E-state index contributed by atoms with van der Waals surface area (Å²) in [5.41, 5.74) is 3.28. The van der Waals surface area contributed by atoms with E-state index in [0.717, 1.165) is 16.7 Å². The largest absolute Gasteiger partial charge is 0.368 e. The molecule has 0 spiro atoms. The van der Waals surface area contributed by atoms with Crippen LogP contribution in [0.5, 0.6) is 0 Å². The van der Waals surface area contributed by atoms with Gasteiger partial charge in [0.1, 0.15) is 18.3 Å². The predicted molar refractivity (Wildman–Crippen MR) is 122 cm³/mol. The number of hydrogen-bond acceptors (Lipinski definition) is 5. The molecular formula is C27H30O5. The van der Waals surface area contributed by atoms with Crippen LogP contribution in [0.25, 0.3) is 0 Å². The van der Waals surface area contributed by atoms with Gasteiger partial charge >= 0.3 is 0 Å². The lowest BCUT2D eigenvalue weighted by atomic mass is 10.0. The summed E-state index contributed by atoms with van der Waals surface area (Å²) >= 11 is 0. The maximum absolute atomic E-state index is 6.39. The van der Waals surface area contributed by atoms with Gasteiger partial charge in [-0.25, -0.2) is 0 Å². The zero-order valence-corrected chi connectivity index (χ0v) is 18.3. The average Bonchev–Trinajstić information content (AvgIpc) is 2.87. The topological polar surface area (TPSA) is 46.2 Å². The second-order valence-electron chi connectivity index (χ2n) is 7.79. The van der Waals surface area contributed by atoms with Crippen molar-refractivity contribution in [3.05, 3.63) is 108 Å². The molecule has 3 aromatic carbocycles. The summed E-state index contributed by atoms with van der Waals surface area (Å²) in [5, 5.41) is 0. The Balaban J connectivity index is 1.49. The van der Waals surface area contributed by atoms with Gasteiger partial charge in [0.05, 0.1) is 26.4 Å². The van der Waals surface area contributed by atoms with Crippen LogP contribution in [0.2, 0.25) is 0 Å². The van der Waals surface area contributed by atoms with Crippen LogP contribution in [-0.4, -0.2) is 38.3 Å². The van der Waals surface area contributed by atoms with Crippen molar-refractivity contribution in [3.63, 3.8) is 0 Å². The van der Waals surface area contributed by atoms with Crippen LogP contribution >= 0.6 is 0 Å². The summed E-state index contributed by atoms with van der Waals surface area (Å²) < 4.78 is 30.5. The van der Waals surface area contributed by atoms with E-state index in [1.807, 2.05) is 91.0 Å². The molecule has 5 nitrogen and oxygen atoms in total. The van der Waals surface area contributed by atoms with E-state index in [2.05, 4.69) is 0 Å². The Morgan fingerprint density at radius 1 is 0.625 bits per heavy atom. The Kier molecular flexibility index (Phi) is 8.42. The van der Waals surface area contributed by atoms with Gasteiger partial charge in [-0.1, -0.05) is 91.0 Å². The van der Waals surface area contributed by atoms with Gasteiger partial charge in [0.15, 0.2) is 6.29 Å². The lowest BCUT2D eigenvalue weighted by Gasteiger charge is -2.41. The average molecular weight is 435 g/mol. The zero-order valence-electron chi connectivity index (χ0n) is 18.3. The second kappa shape index (κ2) is 11.9. The van der Waals surface area contributed by atoms with E-state index in [0.29, 0.717) is 26.4 Å². The van der Waals surface area contributed by atoms with Crippen molar-refractivity contribution in [2.24, 2.45) is 0 Å². The van der Waals surface area contributed by atoms with E-state index in [-0.39, 0.29) is 12.2 Å². The molecule has 3 aromatic rings. The van der Waals surface area contributed by atoms with E-state index in [4.69, 9.17) is 23.7 Å². The highest BCUT2D eigenvalue weighted by molar-refractivity contribution is 5.15. The fourth-order valence-electron chi connectivity index (χ4n) is 3.78.